The first-order chi connectivity index (χ1) is 6.27. The first-order valence-corrected chi connectivity index (χ1v) is 4.10. The molecular formula is C9H12N4. The summed E-state index contributed by atoms with van der Waals surface area (Å²) in [5, 5.41) is 4.51. The number of hydrogen-bond acceptors (Lipinski definition) is 4. The summed E-state index contributed by atoms with van der Waals surface area (Å²) in [7, 11) is 0. The van der Waals surface area contributed by atoms with Crippen LogP contribution in [-0.2, 0) is 0 Å². The highest BCUT2D eigenvalue weighted by molar-refractivity contribution is 5.65. The van der Waals surface area contributed by atoms with Crippen molar-refractivity contribution in [1.82, 2.24) is 10.3 Å². The van der Waals surface area contributed by atoms with Gasteiger partial charge in [0.15, 0.2) is 6.29 Å². The third-order valence-electron chi connectivity index (χ3n) is 1.99. The molecule has 1 aromatic carbocycles. The maximum absolute atomic E-state index is 5.64. The van der Waals surface area contributed by atoms with Gasteiger partial charge in [0.1, 0.15) is 0 Å². The summed E-state index contributed by atoms with van der Waals surface area (Å²) in [4.78, 5) is 0. The van der Waals surface area contributed by atoms with E-state index in [2.05, 4.69) is 5.32 Å². The fraction of sp³-hybridized carbons (Fsp3) is 0.111. The molecule has 13 heavy (non-hydrogen) atoms. The lowest BCUT2D eigenvalue weighted by Crippen LogP contribution is -2.47. The third kappa shape index (κ3) is 1.49. The van der Waals surface area contributed by atoms with Crippen LogP contribution in [0.1, 0.15) is 5.56 Å². The quantitative estimate of drug-likeness (QED) is 0.527. The summed E-state index contributed by atoms with van der Waals surface area (Å²) < 4.78 is 0. The van der Waals surface area contributed by atoms with Crippen molar-refractivity contribution in [2.75, 3.05) is 0 Å². The molecule has 0 spiro atoms. The molecule has 5 N–H and O–H groups in total. The first kappa shape index (κ1) is 8.10. The zero-order valence-corrected chi connectivity index (χ0v) is 7.14. The van der Waals surface area contributed by atoms with Crippen LogP contribution in [0, 0.1) is 0 Å². The second kappa shape index (κ2) is 3.08. The Morgan fingerprint density at radius 2 is 1.92 bits per heavy atom. The molecule has 1 aliphatic rings. The molecule has 0 aromatic heterocycles. The first-order valence-electron chi connectivity index (χ1n) is 4.10. The highest BCUT2D eigenvalue weighted by Crippen LogP contribution is 2.15. The van der Waals surface area contributed by atoms with Crippen molar-refractivity contribution in [1.29, 1.82) is 0 Å². The van der Waals surface area contributed by atoms with E-state index < -0.39 is 0 Å². The fourth-order valence-electron chi connectivity index (χ4n) is 1.28. The van der Waals surface area contributed by atoms with E-state index in [-0.39, 0.29) is 6.29 Å². The van der Waals surface area contributed by atoms with Gasteiger partial charge in [-0.1, -0.05) is 30.3 Å². The average Bonchev–Trinajstić information content (AvgIpc) is 2.49. The molecule has 68 valence electrons. The van der Waals surface area contributed by atoms with Gasteiger partial charge in [-0.15, -0.1) is 0 Å². The number of nitrogens with two attached hydrogens (primary N) is 2. The zero-order valence-electron chi connectivity index (χ0n) is 7.14. The lowest BCUT2D eigenvalue weighted by atomic mass is 10.2. The third-order valence-corrected chi connectivity index (χ3v) is 1.99. The van der Waals surface area contributed by atoms with Crippen molar-refractivity contribution < 1.29 is 0 Å². The van der Waals surface area contributed by atoms with E-state index in [0.717, 1.165) is 11.3 Å². The SMILES string of the molecule is NC1NC(c2ccccc2)=CN1N. The molecule has 1 aliphatic heterocycles. The minimum Gasteiger partial charge on any atom is -0.350 e. The Labute approximate surface area is 76.8 Å². The predicted octanol–water partition coefficient (Wildman–Crippen LogP) is 0.00620. The predicted molar refractivity (Wildman–Crippen MR) is 51.6 cm³/mol. The molecule has 0 bridgehead atoms. The van der Waals surface area contributed by atoms with E-state index in [1.54, 1.807) is 6.20 Å². The summed E-state index contributed by atoms with van der Waals surface area (Å²) in [5.74, 6) is 5.58. The molecule has 4 nitrogen and oxygen atoms in total. The molecule has 1 atom stereocenters. The molecule has 4 heteroatoms. The van der Waals surface area contributed by atoms with Crippen LogP contribution in [0.2, 0.25) is 0 Å². The molecule has 0 radical (unpaired) electrons. The highest BCUT2D eigenvalue weighted by atomic mass is 15.5. The van der Waals surface area contributed by atoms with Gasteiger partial charge in [0.25, 0.3) is 0 Å². The highest BCUT2D eigenvalue weighted by Gasteiger charge is 2.17. The Bertz CT molecular complexity index is 320. The summed E-state index contributed by atoms with van der Waals surface area (Å²) >= 11 is 0. The largest absolute Gasteiger partial charge is 0.350 e. The van der Waals surface area contributed by atoms with Crippen LogP contribution < -0.4 is 16.9 Å². The van der Waals surface area contributed by atoms with Gasteiger partial charge in [-0.05, 0) is 5.56 Å². The Balaban J connectivity index is 2.25. The average molecular weight is 176 g/mol. The van der Waals surface area contributed by atoms with E-state index in [0.29, 0.717) is 0 Å². The Hall–Kier alpha value is -1.52. The normalized spacial score (nSPS) is 21.2. The van der Waals surface area contributed by atoms with Gasteiger partial charge in [0, 0.05) is 6.20 Å². The molecule has 0 saturated heterocycles. The van der Waals surface area contributed by atoms with Gasteiger partial charge in [-0.3, -0.25) is 10.7 Å². The van der Waals surface area contributed by atoms with Crippen molar-refractivity contribution >= 4 is 5.70 Å². The maximum Gasteiger partial charge on any atom is 0.166 e. The lowest BCUT2D eigenvalue weighted by molar-refractivity contribution is 0.295. The van der Waals surface area contributed by atoms with Crippen LogP contribution in [0.3, 0.4) is 0 Å². The van der Waals surface area contributed by atoms with Crippen molar-refractivity contribution in [2.24, 2.45) is 11.6 Å². The smallest absolute Gasteiger partial charge is 0.166 e. The molecule has 1 heterocycles. The van der Waals surface area contributed by atoms with Crippen molar-refractivity contribution in [3.05, 3.63) is 42.1 Å². The van der Waals surface area contributed by atoms with Crippen LogP contribution in [0.4, 0.5) is 0 Å². The van der Waals surface area contributed by atoms with E-state index in [9.17, 15) is 0 Å². The van der Waals surface area contributed by atoms with Gasteiger partial charge >= 0.3 is 0 Å². The summed E-state index contributed by atoms with van der Waals surface area (Å²) in [6, 6.07) is 9.93. The van der Waals surface area contributed by atoms with Crippen LogP contribution in [0.25, 0.3) is 5.70 Å². The van der Waals surface area contributed by atoms with Gasteiger partial charge in [0.2, 0.25) is 0 Å². The minimum atomic E-state index is -0.324. The van der Waals surface area contributed by atoms with Crippen LogP contribution in [-0.4, -0.2) is 11.3 Å². The Kier molecular flexibility index (Phi) is 1.92. The minimum absolute atomic E-state index is 0.324. The van der Waals surface area contributed by atoms with E-state index in [1.165, 1.54) is 5.01 Å². The number of benzene rings is 1. The van der Waals surface area contributed by atoms with Gasteiger partial charge in [0.05, 0.1) is 5.70 Å². The van der Waals surface area contributed by atoms with Crippen LogP contribution >= 0.6 is 0 Å². The summed E-state index contributed by atoms with van der Waals surface area (Å²) in [5.41, 5.74) is 7.69. The van der Waals surface area contributed by atoms with E-state index in [1.807, 2.05) is 30.3 Å². The molecule has 1 unspecified atom stereocenters. The number of hydrazine groups is 1. The van der Waals surface area contributed by atoms with Crippen LogP contribution in [0.5, 0.6) is 0 Å². The van der Waals surface area contributed by atoms with Crippen molar-refractivity contribution in [3.63, 3.8) is 0 Å². The molecule has 0 saturated carbocycles. The maximum atomic E-state index is 5.64. The molecule has 0 fully saturated rings. The van der Waals surface area contributed by atoms with E-state index >= 15 is 0 Å². The molecule has 2 rings (SSSR count). The zero-order chi connectivity index (χ0) is 9.26. The Morgan fingerprint density at radius 3 is 2.46 bits per heavy atom. The monoisotopic (exact) mass is 176 g/mol. The number of rotatable bonds is 1. The standard InChI is InChI=1S/C9H12N4/c10-9-12-8(6-13(9)11)7-4-2-1-3-5-7/h1-6,9,12H,10-11H2. The van der Waals surface area contributed by atoms with Gasteiger partial charge < -0.3 is 5.32 Å². The van der Waals surface area contributed by atoms with E-state index in [4.69, 9.17) is 11.6 Å². The molecule has 0 aliphatic carbocycles. The molecular weight excluding hydrogens is 164 g/mol. The number of hydrogen-bond donors (Lipinski definition) is 3. The number of nitrogens with one attached hydrogen (secondary N) is 1. The lowest BCUT2D eigenvalue weighted by Gasteiger charge is -2.14. The van der Waals surface area contributed by atoms with Gasteiger partial charge in [-0.25, -0.2) is 5.84 Å². The second-order valence-corrected chi connectivity index (χ2v) is 2.95. The topological polar surface area (TPSA) is 67.3 Å². The van der Waals surface area contributed by atoms with Crippen molar-refractivity contribution in [2.45, 2.75) is 6.29 Å². The van der Waals surface area contributed by atoms with Crippen LogP contribution in [0.15, 0.2) is 36.5 Å². The fourth-order valence-corrected chi connectivity index (χ4v) is 1.28. The molecule has 1 aromatic rings. The van der Waals surface area contributed by atoms with Gasteiger partial charge in [-0.2, -0.15) is 0 Å². The Morgan fingerprint density at radius 1 is 1.23 bits per heavy atom. The summed E-state index contributed by atoms with van der Waals surface area (Å²) in [6.45, 7) is 0. The van der Waals surface area contributed by atoms with Crippen molar-refractivity contribution in [3.8, 4) is 0 Å². The second-order valence-electron chi connectivity index (χ2n) is 2.95. The number of nitrogens with zero attached hydrogens (tertiary/aromatic N) is 1. The summed E-state index contributed by atoms with van der Waals surface area (Å²) in [6.07, 6.45) is 1.47. The molecule has 0 amide bonds.